The first-order valence-electron chi connectivity index (χ1n) is 13.5. The third kappa shape index (κ3) is 18.3. The van der Waals surface area contributed by atoms with Crippen LogP contribution in [0.3, 0.4) is 0 Å². The van der Waals surface area contributed by atoms with Crippen LogP contribution in [0.2, 0.25) is 0 Å². The van der Waals surface area contributed by atoms with E-state index in [4.69, 9.17) is 0 Å². The van der Waals surface area contributed by atoms with Gasteiger partial charge >= 0.3 is 0 Å². The maximum absolute atomic E-state index is 11.0. The van der Waals surface area contributed by atoms with Crippen molar-refractivity contribution < 1.29 is 33.1 Å². The third-order valence-electron chi connectivity index (χ3n) is 6.86. The smallest absolute Gasteiger partial charge is 0.198 e. The number of hydrogen-bond acceptors (Lipinski definition) is 6. The van der Waals surface area contributed by atoms with Crippen LogP contribution in [0.25, 0.3) is 0 Å². The molecule has 1 aliphatic heterocycles. The summed E-state index contributed by atoms with van der Waals surface area (Å²) >= 11 is 0. The van der Waals surface area contributed by atoms with Crippen molar-refractivity contribution in [3.63, 3.8) is 0 Å². The molecule has 0 saturated carbocycles. The number of aliphatic hydroxyl groups is 2. The van der Waals surface area contributed by atoms with E-state index in [0.29, 0.717) is 24.1 Å². The molecule has 4 N–H and O–H groups in total. The van der Waals surface area contributed by atoms with E-state index < -0.39 is 22.0 Å². The third-order valence-corrected chi connectivity index (χ3v) is 7.65. The Morgan fingerprint density at radius 3 is 1.80 bits per heavy atom. The molecule has 0 aromatic carbocycles. The Balaban J connectivity index is 0. The van der Waals surface area contributed by atoms with Crippen molar-refractivity contribution in [2.24, 2.45) is 4.99 Å². The summed E-state index contributed by atoms with van der Waals surface area (Å²) in [4.78, 5) is 4.60. The van der Waals surface area contributed by atoms with Crippen molar-refractivity contribution in [1.82, 2.24) is 0 Å². The van der Waals surface area contributed by atoms with Gasteiger partial charge in [-0.3, -0.25) is 4.48 Å². The molecule has 0 fully saturated rings. The number of aliphatic imine (C=N–C) groups is 1. The second kappa shape index (κ2) is 22.4. The van der Waals surface area contributed by atoms with Gasteiger partial charge in [0.2, 0.25) is 0 Å². The topological polar surface area (TPSA) is 142 Å². The number of nitrogens with zero attached hydrogens (tertiary/aromatic N) is 2. The molecule has 0 bridgehead atoms. The first kappa shape index (κ1) is 37.6. The number of rotatable bonds is 22. The van der Waals surface area contributed by atoms with E-state index in [1.54, 1.807) is 0 Å². The van der Waals surface area contributed by atoms with E-state index >= 15 is 0 Å². The molecule has 0 aliphatic carbocycles. The van der Waals surface area contributed by atoms with Crippen molar-refractivity contribution in [2.45, 2.75) is 116 Å². The summed E-state index contributed by atoms with van der Waals surface area (Å²) < 4.78 is 33.3. The van der Waals surface area contributed by atoms with Crippen molar-refractivity contribution >= 4 is 45.5 Å². The zero-order chi connectivity index (χ0) is 24.4. The molecule has 205 valence electrons. The van der Waals surface area contributed by atoms with Crippen molar-refractivity contribution in [1.29, 1.82) is 0 Å². The minimum absolute atomic E-state index is 0. The molecule has 0 aromatic rings. The second-order valence-electron chi connectivity index (χ2n) is 9.87. The van der Waals surface area contributed by atoms with Gasteiger partial charge in [-0.25, -0.2) is 13.4 Å². The van der Waals surface area contributed by atoms with Gasteiger partial charge < -0.3 is 20.2 Å². The van der Waals surface area contributed by atoms with Crippen LogP contribution in [0.15, 0.2) is 4.99 Å². The zero-order valence-corrected chi connectivity index (χ0v) is 25.4. The number of hydrogen-bond donors (Lipinski definition) is 2. The minimum Gasteiger partial charge on any atom is -0.748 e. The van der Waals surface area contributed by atoms with E-state index in [-0.39, 0.29) is 48.2 Å². The molecule has 0 saturated heterocycles. The quantitative estimate of drug-likeness (QED) is 0.0955. The second-order valence-corrected chi connectivity index (χ2v) is 11.3. The summed E-state index contributed by atoms with van der Waals surface area (Å²) in [5, 5.41) is 19.7. The molecule has 0 spiro atoms. The number of unbranched alkanes of at least 4 members (excludes halogenated alkanes) is 14. The van der Waals surface area contributed by atoms with Crippen LogP contribution >= 0.6 is 0 Å². The van der Waals surface area contributed by atoms with E-state index in [1.807, 2.05) is 0 Å². The fourth-order valence-corrected chi connectivity index (χ4v) is 5.61. The van der Waals surface area contributed by atoms with Crippen LogP contribution in [-0.4, -0.2) is 113 Å². The first-order chi connectivity index (χ1) is 15.8. The van der Waals surface area contributed by atoms with Gasteiger partial charge in [0.05, 0.1) is 29.0 Å². The van der Waals surface area contributed by atoms with Crippen LogP contribution in [0.5, 0.6) is 0 Å². The van der Waals surface area contributed by atoms with Crippen molar-refractivity contribution in [3.05, 3.63) is 0 Å². The maximum atomic E-state index is 11.0. The standard InChI is InChI=1S/C25H50N2O5S.Na.H2O/c1-2-3-4-5-6-7-8-9-10-11-12-13-14-15-16-17-25-26-18-19-27(25,20-21-28)22-24(29)23-33(30,31)32;;/h24,28-29H,2-23H2,1H3;;1H2. The predicted octanol–water partition coefficient (Wildman–Crippen LogP) is 3.17. The molecule has 2 atom stereocenters. The molecule has 8 nitrogen and oxygen atoms in total. The number of aliphatic hydroxyl groups excluding tert-OH is 2. The van der Waals surface area contributed by atoms with Crippen LogP contribution < -0.4 is 0 Å². The summed E-state index contributed by atoms with van der Waals surface area (Å²) in [6.07, 6.45) is 19.2. The van der Waals surface area contributed by atoms with Gasteiger partial charge in [-0.1, -0.05) is 96.8 Å². The Bertz CT molecular complexity index is 635. The van der Waals surface area contributed by atoms with E-state index in [0.717, 1.165) is 25.1 Å². The summed E-state index contributed by atoms with van der Waals surface area (Å²) in [7, 11) is -4.48. The van der Waals surface area contributed by atoms with Gasteiger partial charge in [-0.05, 0) is 6.42 Å². The van der Waals surface area contributed by atoms with Gasteiger partial charge in [-0.2, -0.15) is 0 Å². The van der Waals surface area contributed by atoms with Crippen LogP contribution in [0, 0.1) is 0 Å². The Morgan fingerprint density at radius 1 is 0.914 bits per heavy atom. The molecule has 2 unspecified atom stereocenters. The van der Waals surface area contributed by atoms with Crippen LogP contribution in [0.4, 0.5) is 0 Å². The molecule has 0 aromatic heterocycles. The Labute approximate surface area is 236 Å². The van der Waals surface area contributed by atoms with Gasteiger partial charge in [0.1, 0.15) is 25.7 Å². The Morgan fingerprint density at radius 2 is 1.37 bits per heavy atom. The molecule has 0 amide bonds. The van der Waals surface area contributed by atoms with E-state index in [2.05, 4.69) is 11.9 Å². The SMILES string of the molecule is CCCCCCCCCCCCCCCCCC1=NCC[N+]1(CCO)CC(O)CS(=O)(=O)[O-].O.[Na]. The van der Waals surface area contributed by atoms with Gasteiger partial charge in [-0.15, -0.1) is 0 Å². The predicted molar refractivity (Wildman–Crippen MR) is 144 cm³/mol. The molecule has 1 radical (unpaired) electrons. The largest absolute Gasteiger partial charge is 0.748 e. The normalized spacial score (nSPS) is 18.6. The monoisotopic (exact) mass is 531 g/mol. The number of quaternary nitrogens is 1. The van der Waals surface area contributed by atoms with Gasteiger partial charge in [0.15, 0.2) is 5.84 Å². The first-order valence-corrected chi connectivity index (χ1v) is 15.0. The van der Waals surface area contributed by atoms with Crippen molar-refractivity contribution in [2.75, 3.05) is 38.5 Å². The van der Waals surface area contributed by atoms with Crippen LogP contribution in [-0.2, 0) is 10.1 Å². The molecule has 35 heavy (non-hydrogen) atoms. The molecule has 10 heteroatoms. The number of amidine groups is 1. The fraction of sp³-hybridized carbons (Fsp3) is 0.960. The van der Waals surface area contributed by atoms with E-state index in [9.17, 15) is 23.2 Å². The molecular formula is C25H52N2NaO6S. The van der Waals surface area contributed by atoms with E-state index in [1.165, 1.54) is 83.5 Å². The fourth-order valence-electron chi connectivity index (χ4n) is 5.03. The maximum Gasteiger partial charge on any atom is 0.198 e. The summed E-state index contributed by atoms with van der Waals surface area (Å²) in [5.74, 6) is 0.145. The summed E-state index contributed by atoms with van der Waals surface area (Å²) in [6, 6.07) is 0. The molecule has 1 heterocycles. The van der Waals surface area contributed by atoms with Crippen molar-refractivity contribution in [3.8, 4) is 0 Å². The minimum atomic E-state index is -4.48. The summed E-state index contributed by atoms with van der Waals surface area (Å²) in [6.45, 7) is 3.98. The van der Waals surface area contributed by atoms with Gasteiger partial charge in [0, 0.05) is 36.0 Å². The Kier molecular flexibility index (Phi) is 24.1. The average molecular weight is 532 g/mol. The molecular weight excluding hydrogens is 479 g/mol. The zero-order valence-electron chi connectivity index (χ0n) is 22.6. The molecule has 1 rings (SSSR count). The Hall–Kier alpha value is 0.420. The molecule has 1 aliphatic rings. The van der Waals surface area contributed by atoms with Gasteiger partial charge in [0.25, 0.3) is 0 Å². The van der Waals surface area contributed by atoms with Crippen LogP contribution in [0.1, 0.15) is 110 Å². The summed E-state index contributed by atoms with van der Waals surface area (Å²) in [5.41, 5.74) is 0. The average Bonchev–Trinajstić information content (AvgIpc) is 3.11.